The molecule has 0 radical (unpaired) electrons. The van der Waals surface area contributed by atoms with Crippen LogP contribution in [0.5, 0.6) is 5.75 Å². The number of alkyl halides is 6. The van der Waals surface area contributed by atoms with Gasteiger partial charge in [0, 0.05) is 12.7 Å². The summed E-state index contributed by atoms with van der Waals surface area (Å²) >= 11 is 0. The summed E-state index contributed by atoms with van der Waals surface area (Å²) in [5.41, 5.74) is -8.42. The SMILES string of the molecule is CC.CC.CN1C(=O)C2(CCc3cc(OS(=O)(=O)C(F)(F)F)ccc32)C(=O)N(c2ccccc2)c2cc(C(F)(F)F)ccc21. The molecule has 0 aromatic heterocycles. The summed E-state index contributed by atoms with van der Waals surface area (Å²) in [6.07, 6.45) is -4.96. The van der Waals surface area contributed by atoms with E-state index in [1.54, 1.807) is 18.2 Å². The molecule has 1 atom stereocenters. The predicted molar refractivity (Wildman–Crippen MR) is 153 cm³/mol. The summed E-state index contributed by atoms with van der Waals surface area (Å²) in [7, 11) is -4.67. The molecule has 0 saturated heterocycles. The highest BCUT2D eigenvalue weighted by molar-refractivity contribution is 7.88. The van der Waals surface area contributed by atoms with Crippen LogP contribution in [0, 0.1) is 0 Å². The van der Waals surface area contributed by atoms with Gasteiger partial charge < -0.3 is 9.08 Å². The van der Waals surface area contributed by atoms with E-state index in [4.69, 9.17) is 0 Å². The van der Waals surface area contributed by atoms with Crippen molar-refractivity contribution >= 4 is 39.0 Å². The van der Waals surface area contributed by atoms with Crippen molar-refractivity contribution in [3.63, 3.8) is 0 Å². The van der Waals surface area contributed by atoms with Gasteiger partial charge in [-0.15, -0.1) is 0 Å². The van der Waals surface area contributed by atoms with Gasteiger partial charge in [-0.2, -0.15) is 34.8 Å². The van der Waals surface area contributed by atoms with Crippen molar-refractivity contribution in [1.29, 1.82) is 0 Å². The molecule has 2 amide bonds. The molecule has 14 heteroatoms. The van der Waals surface area contributed by atoms with Gasteiger partial charge in [0.1, 0.15) is 5.75 Å². The molecule has 1 unspecified atom stereocenters. The largest absolute Gasteiger partial charge is 0.534 e. The first-order valence-electron chi connectivity index (χ1n) is 13.6. The fourth-order valence-electron chi connectivity index (χ4n) is 5.10. The zero-order valence-electron chi connectivity index (χ0n) is 24.4. The molecule has 1 aliphatic heterocycles. The van der Waals surface area contributed by atoms with E-state index in [0.29, 0.717) is 0 Å². The third kappa shape index (κ3) is 5.86. The Bertz CT molecular complexity index is 1640. The lowest BCUT2D eigenvalue weighted by Crippen LogP contribution is -2.52. The smallest absolute Gasteiger partial charge is 0.376 e. The van der Waals surface area contributed by atoms with Crippen molar-refractivity contribution in [3.05, 3.63) is 83.4 Å². The van der Waals surface area contributed by atoms with Gasteiger partial charge in [0.25, 0.3) is 5.91 Å². The highest BCUT2D eigenvalue weighted by atomic mass is 32.2. The predicted octanol–water partition coefficient (Wildman–Crippen LogP) is 7.51. The van der Waals surface area contributed by atoms with Crippen molar-refractivity contribution < 1.29 is 48.5 Å². The minimum atomic E-state index is -5.98. The number of para-hydroxylation sites is 1. The molecule has 5 rings (SSSR count). The van der Waals surface area contributed by atoms with E-state index in [1.807, 2.05) is 27.7 Å². The van der Waals surface area contributed by atoms with E-state index in [0.717, 1.165) is 46.2 Å². The Morgan fingerprint density at radius 2 is 1.41 bits per heavy atom. The zero-order valence-corrected chi connectivity index (χ0v) is 25.2. The number of amides is 2. The van der Waals surface area contributed by atoms with Gasteiger partial charge in [0.2, 0.25) is 5.91 Å². The Morgan fingerprint density at radius 1 is 0.795 bits per heavy atom. The normalized spacial score (nSPS) is 18.0. The average molecular weight is 645 g/mol. The van der Waals surface area contributed by atoms with Crippen LogP contribution < -0.4 is 14.0 Å². The van der Waals surface area contributed by atoms with Crippen LogP contribution in [0.2, 0.25) is 0 Å². The molecule has 1 aliphatic carbocycles. The van der Waals surface area contributed by atoms with Crippen LogP contribution in [0.25, 0.3) is 0 Å². The summed E-state index contributed by atoms with van der Waals surface area (Å²) in [5.74, 6) is -2.32. The second kappa shape index (κ2) is 12.5. The van der Waals surface area contributed by atoms with Crippen molar-refractivity contribution in [3.8, 4) is 5.75 Å². The molecule has 1 spiro atoms. The molecule has 1 heterocycles. The van der Waals surface area contributed by atoms with Gasteiger partial charge in [0.05, 0.1) is 16.9 Å². The van der Waals surface area contributed by atoms with E-state index in [2.05, 4.69) is 4.18 Å². The standard InChI is InChI=1S/C26H18F6N2O5S.2C2H6/c1-33-20-10-7-16(25(27,28)29)14-21(20)34(17-5-3-2-4-6-17)23(36)24(22(33)35)12-11-15-13-18(8-9-19(15)24)39-40(37,38)26(30,31)32;2*1-2/h2-10,13-14H,11-12H2,1H3;2*1-2H3. The fourth-order valence-corrected chi connectivity index (χ4v) is 5.55. The second-order valence-corrected chi connectivity index (χ2v) is 10.8. The molecule has 0 saturated carbocycles. The maximum atomic E-state index is 14.4. The lowest BCUT2D eigenvalue weighted by Gasteiger charge is -2.32. The zero-order chi connectivity index (χ0) is 33.3. The molecule has 2 aliphatic rings. The first-order chi connectivity index (χ1) is 20.6. The number of aryl methyl sites for hydroxylation is 1. The van der Waals surface area contributed by atoms with Crippen molar-refractivity contribution in [2.75, 3.05) is 16.8 Å². The van der Waals surface area contributed by atoms with Gasteiger partial charge in [-0.05, 0) is 66.4 Å². The van der Waals surface area contributed by atoms with Crippen molar-refractivity contribution in [2.24, 2.45) is 0 Å². The van der Waals surface area contributed by atoms with Crippen molar-refractivity contribution in [2.45, 2.75) is 57.6 Å². The number of hydrogen-bond acceptors (Lipinski definition) is 5. The molecule has 0 N–H and O–H groups in total. The van der Waals surface area contributed by atoms with E-state index in [1.165, 1.54) is 19.2 Å². The van der Waals surface area contributed by atoms with Crippen LogP contribution >= 0.6 is 0 Å². The number of carbonyl (C=O) groups is 2. The Kier molecular flexibility index (Phi) is 9.78. The first-order valence-corrected chi connectivity index (χ1v) is 15.0. The third-order valence-electron chi connectivity index (χ3n) is 6.95. The second-order valence-electron chi connectivity index (χ2n) is 9.25. The van der Waals surface area contributed by atoms with Crippen LogP contribution in [-0.2, 0) is 37.7 Å². The number of carbonyl (C=O) groups excluding carboxylic acids is 2. The minimum absolute atomic E-state index is 0.0248. The lowest BCUT2D eigenvalue weighted by molar-refractivity contribution is -0.138. The van der Waals surface area contributed by atoms with Gasteiger partial charge in [0.15, 0.2) is 5.41 Å². The maximum absolute atomic E-state index is 14.4. The first kappa shape index (κ1) is 34.4. The molecule has 0 bridgehead atoms. The van der Waals surface area contributed by atoms with Gasteiger partial charge >= 0.3 is 21.8 Å². The number of rotatable bonds is 3. The number of halogens is 6. The Hall–Kier alpha value is -4.07. The lowest BCUT2D eigenvalue weighted by atomic mass is 9.79. The Labute approximate surface area is 251 Å². The van der Waals surface area contributed by atoms with Gasteiger partial charge in [-0.3, -0.25) is 14.5 Å². The molecule has 0 fully saturated rings. The minimum Gasteiger partial charge on any atom is -0.376 e. The summed E-state index contributed by atoms with van der Waals surface area (Å²) in [4.78, 5) is 30.5. The molecule has 7 nitrogen and oxygen atoms in total. The highest BCUT2D eigenvalue weighted by Gasteiger charge is 2.57. The monoisotopic (exact) mass is 644 g/mol. The number of likely N-dealkylation sites (N-methyl/N-ethyl adjacent to an activating group) is 1. The third-order valence-corrected chi connectivity index (χ3v) is 7.93. The molecule has 3 aromatic carbocycles. The van der Waals surface area contributed by atoms with Gasteiger partial charge in [-0.25, -0.2) is 0 Å². The Morgan fingerprint density at radius 3 is 1.98 bits per heavy atom. The number of benzene rings is 3. The van der Waals surface area contributed by atoms with E-state index >= 15 is 0 Å². The highest BCUT2D eigenvalue weighted by Crippen LogP contribution is 2.50. The van der Waals surface area contributed by atoms with E-state index in [-0.39, 0.29) is 41.0 Å². The summed E-state index contributed by atoms with van der Waals surface area (Å²) in [6.45, 7) is 8.00. The van der Waals surface area contributed by atoms with E-state index < -0.39 is 50.3 Å². The van der Waals surface area contributed by atoms with Crippen LogP contribution in [0.3, 0.4) is 0 Å². The number of anilines is 3. The van der Waals surface area contributed by atoms with Crippen LogP contribution in [0.15, 0.2) is 66.7 Å². The van der Waals surface area contributed by atoms with Crippen LogP contribution in [-0.4, -0.2) is 32.8 Å². The average Bonchev–Trinajstić information content (AvgIpc) is 3.35. The molecular weight excluding hydrogens is 614 g/mol. The topological polar surface area (TPSA) is 84.0 Å². The number of nitrogens with zero attached hydrogens (tertiary/aromatic N) is 2. The summed E-state index contributed by atoms with van der Waals surface area (Å²) < 4.78 is 107. The maximum Gasteiger partial charge on any atom is 0.534 e. The number of hydrogen-bond donors (Lipinski definition) is 0. The molecule has 3 aromatic rings. The van der Waals surface area contributed by atoms with Crippen molar-refractivity contribution in [1.82, 2.24) is 0 Å². The molecule has 238 valence electrons. The summed E-state index contributed by atoms with van der Waals surface area (Å²) in [6, 6.07) is 13.4. The number of fused-ring (bicyclic) bond motifs is 3. The Balaban J connectivity index is 0.00000127. The quantitative estimate of drug-likeness (QED) is 0.128. The van der Waals surface area contributed by atoms with E-state index in [9.17, 15) is 44.3 Å². The molecular formula is C30H30F6N2O5S. The fraction of sp³-hybridized carbons (Fsp3) is 0.333. The van der Waals surface area contributed by atoms with Crippen LogP contribution in [0.1, 0.15) is 50.8 Å². The van der Waals surface area contributed by atoms with Crippen LogP contribution in [0.4, 0.5) is 43.4 Å². The molecule has 44 heavy (non-hydrogen) atoms. The summed E-state index contributed by atoms with van der Waals surface area (Å²) in [5, 5.41) is 0. The van der Waals surface area contributed by atoms with Gasteiger partial charge in [-0.1, -0.05) is 52.0 Å².